The van der Waals surface area contributed by atoms with E-state index in [9.17, 15) is 4.79 Å². The van der Waals surface area contributed by atoms with Gasteiger partial charge in [0.25, 0.3) is 0 Å². The zero-order valence-electron chi connectivity index (χ0n) is 12.0. The lowest BCUT2D eigenvalue weighted by Crippen LogP contribution is -2.36. The summed E-state index contributed by atoms with van der Waals surface area (Å²) in [7, 11) is 0. The fourth-order valence-corrected chi connectivity index (χ4v) is 2.74. The summed E-state index contributed by atoms with van der Waals surface area (Å²) in [5.74, 6) is 0. The molecular weight excluding hydrogens is 354 g/mol. The molecule has 7 heteroatoms. The average molecular weight is 370 g/mol. The van der Waals surface area contributed by atoms with Crippen LogP contribution in [0.25, 0.3) is 0 Å². The maximum atomic E-state index is 12.4. The highest BCUT2D eigenvalue weighted by Crippen LogP contribution is 2.29. The smallest absolute Gasteiger partial charge is 0.416 e. The number of halogens is 1. The second-order valence-corrected chi connectivity index (χ2v) is 7.76. The molecule has 2 aromatic heterocycles. The Hall–Kier alpha value is -1.47. The first-order chi connectivity index (χ1) is 9.85. The van der Waals surface area contributed by atoms with Gasteiger partial charge in [0, 0.05) is 12.4 Å². The number of rotatable bonds is 3. The lowest BCUT2D eigenvalue weighted by Gasteiger charge is -2.25. The number of nitrogens with zero attached hydrogens (tertiary/aromatic N) is 3. The topological polar surface area (TPSA) is 55.3 Å². The van der Waals surface area contributed by atoms with Crippen LogP contribution in [-0.4, -0.2) is 21.7 Å². The first kappa shape index (κ1) is 15.9. The Morgan fingerprint density at radius 2 is 2.05 bits per heavy atom. The molecule has 0 radical (unpaired) electrons. The fraction of sp³-hybridized carbons (Fsp3) is 0.357. The highest BCUT2D eigenvalue weighted by atomic mass is 79.9. The Labute approximate surface area is 136 Å². The number of ether oxygens (including phenoxy) is 1. The molecule has 0 aliphatic rings. The van der Waals surface area contributed by atoms with Gasteiger partial charge in [-0.15, -0.1) is 0 Å². The van der Waals surface area contributed by atoms with E-state index in [0.717, 1.165) is 9.35 Å². The summed E-state index contributed by atoms with van der Waals surface area (Å²) in [5.41, 5.74) is 0.407. The zero-order chi connectivity index (χ0) is 15.5. The number of amides is 1. The molecule has 112 valence electrons. The van der Waals surface area contributed by atoms with Crippen molar-refractivity contribution in [3.8, 4) is 0 Å². The molecule has 2 heterocycles. The van der Waals surface area contributed by atoms with Crippen LogP contribution in [-0.2, 0) is 11.3 Å². The number of hydrogen-bond acceptors (Lipinski definition) is 5. The van der Waals surface area contributed by atoms with Crippen LogP contribution >= 0.6 is 27.3 Å². The third-order valence-electron chi connectivity index (χ3n) is 2.40. The van der Waals surface area contributed by atoms with Crippen LogP contribution in [0.3, 0.4) is 0 Å². The lowest BCUT2D eigenvalue weighted by atomic mass is 10.2. The molecule has 0 aliphatic heterocycles. The maximum absolute atomic E-state index is 12.4. The lowest BCUT2D eigenvalue weighted by molar-refractivity contribution is 0.0577. The van der Waals surface area contributed by atoms with E-state index in [4.69, 9.17) is 4.74 Å². The standard InChI is InChI=1S/C14H16BrN3O2S/c1-14(2,3)20-13(19)18(12-17-8-11(15)21-12)9-10-4-6-16-7-5-10/h4-8H,9H2,1-3H3. The van der Waals surface area contributed by atoms with Gasteiger partial charge in [0.2, 0.25) is 0 Å². The number of pyridine rings is 1. The van der Waals surface area contributed by atoms with Crippen LogP contribution < -0.4 is 4.90 Å². The Morgan fingerprint density at radius 1 is 1.38 bits per heavy atom. The zero-order valence-corrected chi connectivity index (χ0v) is 14.4. The Balaban J connectivity index is 2.24. The minimum Gasteiger partial charge on any atom is -0.443 e. The molecule has 0 saturated carbocycles. The van der Waals surface area contributed by atoms with Crippen LogP contribution in [0.1, 0.15) is 26.3 Å². The molecule has 0 unspecified atom stereocenters. The Kier molecular flexibility index (Phi) is 4.95. The largest absolute Gasteiger partial charge is 0.443 e. The van der Waals surface area contributed by atoms with E-state index >= 15 is 0 Å². The third-order valence-corrected chi connectivity index (χ3v) is 3.90. The predicted molar refractivity (Wildman–Crippen MR) is 86.5 cm³/mol. The summed E-state index contributed by atoms with van der Waals surface area (Å²) in [6.07, 6.45) is 4.64. The van der Waals surface area contributed by atoms with Crippen molar-refractivity contribution in [1.29, 1.82) is 0 Å². The Bertz CT molecular complexity index is 610. The second-order valence-electron chi connectivity index (χ2n) is 5.37. The molecule has 5 nitrogen and oxygen atoms in total. The number of hydrogen-bond donors (Lipinski definition) is 0. The van der Waals surface area contributed by atoms with Crippen molar-refractivity contribution in [3.63, 3.8) is 0 Å². The molecule has 1 amide bonds. The summed E-state index contributed by atoms with van der Waals surface area (Å²) < 4.78 is 6.32. The molecule has 0 fully saturated rings. The Morgan fingerprint density at radius 3 is 2.57 bits per heavy atom. The number of thiazole rings is 1. The molecule has 0 N–H and O–H groups in total. The molecule has 0 bridgehead atoms. The van der Waals surface area contributed by atoms with Crippen LogP contribution in [0.5, 0.6) is 0 Å². The van der Waals surface area contributed by atoms with E-state index in [-0.39, 0.29) is 0 Å². The van der Waals surface area contributed by atoms with Gasteiger partial charge in [-0.1, -0.05) is 11.3 Å². The summed E-state index contributed by atoms with van der Waals surface area (Å²) in [6.45, 7) is 5.91. The van der Waals surface area contributed by atoms with Gasteiger partial charge in [-0.2, -0.15) is 0 Å². The third kappa shape index (κ3) is 4.78. The van der Waals surface area contributed by atoms with Crippen LogP contribution in [0.4, 0.5) is 9.93 Å². The molecule has 0 aromatic carbocycles. The van der Waals surface area contributed by atoms with Crippen LogP contribution in [0.15, 0.2) is 34.5 Å². The van der Waals surface area contributed by atoms with Gasteiger partial charge >= 0.3 is 6.09 Å². The van der Waals surface area contributed by atoms with Gasteiger partial charge in [0.1, 0.15) is 5.60 Å². The second kappa shape index (κ2) is 6.53. The average Bonchev–Trinajstić information content (AvgIpc) is 2.81. The van der Waals surface area contributed by atoms with Gasteiger partial charge in [0.15, 0.2) is 5.13 Å². The van der Waals surface area contributed by atoms with E-state index < -0.39 is 11.7 Å². The van der Waals surface area contributed by atoms with E-state index in [2.05, 4.69) is 25.9 Å². The van der Waals surface area contributed by atoms with E-state index in [1.54, 1.807) is 18.6 Å². The predicted octanol–water partition coefficient (Wildman–Crippen LogP) is 4.24. The first-order valence-electron chi connectivity index (χ1n) is 6.36. The van der Waals surface area contributed by atoms with Crippen LogP contribution in [0.2, 0.25) is 0 Å². The van der Waals surface area contributed by atoms with Gasteiger partial charge in [-0.05, 0) is 54.4 Å². The number of aromatic nitrogens is 2. The number of anilines is 1. The van der Waals surface area contributed by atoms with Gasteiger partial charge in [-0.25, -0.2) is 14.7 Å². The fourth-order valence-electron chi connectivity index (χ4n) is 1.57. The van der Waals surface area contributed by atoms with Crippen molar-refractivity contribution in [1.82, 2.24) is 9.97 Å². The van der Waals surface area contributed by atoms with Crippen molar-refractivity contribution < 1.29 is 9.53 Å². The molecule has 2 aromatic rings. The van der Waals surface area contributed by atoms with E-state index in [0.29, 0.717) is 11.7 Å². The molecule has 0 aliphatic carbocycles. The quantitative estimate of drug-likeness (QED) is 0.811. The highest BCUT2D eigenvalue weighted by Gasteiger charge is 2.25. The van der Waals surface area contributed by atoms with Crippen molar-refractivity contribution in [3.05, 3.63) is 40.1 Å². The highest BCUT2D eigenvalue weighted by molar-refractivity contribution is 9.11. The van der Waals surface area contributed by atoms with Gasteiger partial charge < -0.3 is 4.74 Å². The summed E-state index contributed by atoms with van der Waals surface area (Å²) in [6, 6.07) is 3.72. The van der Waals surface area contributed by atoms with Crippen molar-refractivity contribution in [2.75, 3.05) is 4.90 Å². The molecule has 0 spiro atoms. The number of carbonyl (C=O) groups excluding carboxylic acids is 1. The van der Waals surface area contributed by atoms with Crippen molar-refractivity contribution in [2.45, 2.75) is 32.9 Å². The minimum absolute atomic E-state index is 0.386. The van der Waals surface area contributed by atoms with Gasteiger partial charge in [0.05, 0.1) is 16.5 Å². The number of carbonyl (C=O) groups is 1. The van der Waals surface area contributed by atoms with Crippen LogP contribution in [0, 0.1) is 0 Å². The minimum atomic E-state index is -0.554. The van der Waals surface area contributed by atoms with E-state index in [1.807, 2.05) is 32.9 Å². The van der Waals surface area contributed by atoms with E-state index in [1.165, 1.54) is 16.2 Å². The normalized spacial score (nSPS) is 11.2. The molecular formula is C14H16BrN3O2S. The monoisotopic (exact) mass is 369 g/mol. The van der Waals surface area contributed by atoms with Crippen molar-refractivity contribution >= 4 is 38.5 Å². The molecule has 0 saturated heterocycles. The molecule has 0 atom stereocenters. The summed E-state index contributed by atoms with van der Waals surface area (Å²) in [4.78, 5) is 22.2. The SMILES string of the molecule is CC(C)(C)OC(=O)N(Cc1ccncc1)c1ncc(Br)s1. The summed E-state index contributed by atoms with van der Waals surface area (Å²) >= 11 is 4.75. The van der Waals surface area contributed by atoms with Gasteiger partial charge in [-0.3, -0.25) is 4.98 Å². The summed E-state index contributed by atoms with van der Waals surface area (Å²) in [5, 5.41) is 0.591. The van der Waals surface area contributed by atoms with Crippen molar-refractivity contribution in [2.24, 2.45) is 0 Å². The molecule has 2 rings (SSSR count). The molecule has 21 heavy (non-hydrogen) atoms. The first-order valence-corrected chi connectivity index (χ1v) is 7.97. The maximum Gasteiger partial charge on any atom is 0.416 e.